The lowest BCUT2D eigenvalue weighted by Gasteiger charge is -2.15. The predicted molar refractivity (Wildman–Crippen MR) is 73.5 cm³/mol. The highest BCUT2D eigenvalue weighted by Gasteiger charge is 2.07. The lowest BCUT2D eigenvalue weighted by molar-refractivity contribution is -0.143. The van der Waals surface area contributed by atoms with Gasteiger partial charge in [-0.2, -0.15) is 0 Å². The van der Waals surface area contributed by atoms with Gasteiger partial charge in [-0.15, -0.1) is 0 Å². The minimum absolute atomic E-state index is 0.232. The normalized spacial score (nSPS) is 10.2. The van der Waals surface area contributed by atoms with Gasteiger partial charge in [-0.05, 0) is 24.7 Å². The van der Waals surface area contributed by atoms with Crippen LogP contribution >= 0.6 is 0 Å². The zero-order valence-electron chi connectivity index (χ0n) is 11.0. The van der Waals surface area contributed by atoms with Crippen LogP contribution in [-0.4, -0.2) is 38.1 Å². The van der Waals surface area contributed by atoms with Crippen LogP contribution in [0, 0.1) is 0 Å². The molecule has 0 amide bonds. The minimum atomic E-state index is -0.232. The zero-order valence-corrected chi connectivity index (χ0v) is 11.0. The number of rotatable bonds is 7. The molecule has 0 aliphatic rings. The largest absolute Gasteiger partial charge is 0.461 e. The first-order chi connectivity index (χ1) is 8.65. The molecule has 18 heavy (non-hydrogen) atoms. The third-order valence-corrected chi connectivity index (χ3v) is 2.46. The van der Waals surface area contributed by atoms with Crippen molar-refractivity contribution >= 4 is 11.7 Å². The molecule has 1 N–H and O–H groups in total. The molecule has 0 fully saturated rings. The first-order valence-corrected chi connectivity index (χ1v) is 5.87. The minimum Gasteiger partial charge on any atom is -0.461 e. The van der Waals surface area contributed by atoms with E-state index < -0.39 is 0 Å². The Kier molecular flexibility index (Phi) is 5.94. The summed E-state index contributed by atoms with van der Waals surface area (Å²) in [6.45, 7) is 4.76. The van der Waals surface area contributed by atoms with Crippen molar-refractivity contribution in [2.75, 3.05) is 32.6 Å². The summed E-state index contributed by atoms with van der Waals surface area (Å²) in [6.07, 6.45) is 1.56. The van der Waals surface area contributed by atoms with Gasteiger partial charge in [0.05, 0.1) is 6.54 Å². The van der Waals surface area contributed by atoms with E-state index in [2.05, 4.69) is 11.9 Å². The average molecular weight is 248 g/mol. The number of likely N-dealkylation sites (N-methyl/N-ethyl adjacent to an activating group) is 1. The molecule has 0 radical (unpaired) electrons. The molecule has 0 aliphatic heterocycles. The molecule has 0 aliphatic carbocycles. The van der Waals surface area contributed by atoms with Crippen molar-refractivity contribution in [3.8, 4) is 0 Å². The Morgan fingerprint density at radius 2 is 2.11 bits per heavy atom. The third kappa shape index (κ3) is 5.01. The number of carbonyl (C=O) groups is 1. The van der Waals surface area contributed by atoms with Gasteiger partial charge in [0.25, 0.3) is 0 Å². The second kappa shape index (κ2) is 7.50. The zero-order chi connectivity index (χ0) is 13.4. The summed E-state index contributed by atoms with van der Waals surface area (Å²) in [5.41, 5.74) is 2.24. The molecule has 0 spiro atoms. The van der Waals surface area contributed by atoms with Gasteiger partial charge >= 0.3 is 5.97 Å². The van der Waals surface area contributed by atoms with Crippen LogP contribution in [0.25, 0.3) is 0 Å². The Balaban J connectivity index is 2.40. The van der Waals surface area contributed by atoms with Crippen molar-refractivity contribution in [3.63, 3.8) is 0 Å². The van der Waals surface area contributed by atoms with E-state index in [1.807, 2.05) is 43.3 Å². The van der Waals surface area contributed by atoms with Gasteiger partial charge in [0, 0.05) is 19.3 Å². The second-order valence-electron chi connectivity index (χ2n) is 4.09. The smallest absolute Gasteiger partial charge is 0.320 e. The second-order valence-corrected chi connectivity index (χ2v) is 4.09. The fourth-order valence-electron chi connectivity index (χ4n) is 1.56. The summed E-state index contributed by atoms with van der Waals surface area (Å²) in [5.74, 6) is -0.232. The van der Waals surface area contributed by atoms with E-state index in [1.54, 1.807) is 6.08 Å². The maximum absolute atomic E-state index is 11.4. The number of hydrogen-bond donors (Lipinski definition) is 1. The molecule has 0 bridgehead atoms. The molecule has 0 aromatic heterocycles. The molecular weight excluding hydrogens is 228 g/mol. The van der Waals surface area contributed by atoms with Crippen molar-refractivity contribution in [2.45, 2.75) is 6.54 Å². The quantitative estimate of drug-likeness (QED) is 0.591. The molecule has 4 heteroatoms. The molecule has 0 atom stereocenters. The third-order valence-electron chi connectivity index (χ3n) is 2.46. The molecule has 98 valence electrons. The van der Waals surface area contributed by atoms with Gasteiger partial charge in [-0.3, -0.25) is 9.69 Å². The highest BCUT2D eigenvalue weighted by Crippen LogP contribution is 2.10. The maximum atomic E-state index is 11.4. The van der Waals surface area contributed by atoms with Crippen molar-refractivity contribution in [1.82, 2.24) is 4.90 Å². The summed E-state index contributed by atoms with van der Waals surface area (Å²) in [7, 11) is 3.78. The summed E-state index contributed by atoms with van der Waals surface area (Å²) >= 11 is 0. The van der Waals surface area contributed by atoms with Crippen LogP contribution in [0.4, 0.5) is 5.69 Å². The molecule has 0 heterocycles. The maximum Gasteiger partial charge on any atom is 0.320 e. The fraction of sp³-hybridized carbons (Fsp3) is 0.357. The summed E-state index contributed by atoms with van der Waals surface area (Å²) in [5, 5.41) is 3.07. The number of nitrogens with zero attached hydrogens (tertiary/aromatic N) is 1. The number of ether oxygens (including phenoxy) is 1. The van der Waals surface area contributed by atoms with Crippen LogP contribution in [0.15, 0.2) is 36.9 Å². The Bertz CT molecular complexity index is 387. The van der Waals surface area contributed by atoms with E-state index in [4.69, 9.17) is 4.74 Å². The van der Waals surface area contributed by atoms with Crippen molar-refractivity contribution in [1.29, 1.82) is 0 Å². The van der Waals surface area contributed by atoms with Crippen LogP contribution in [0.1, 0.15) is 5.56 Å². The van der Waals surface area contributed by atoms with Crippen molar-refractivity contribution in [3.05, 3.63) is 42.5 Å². The van der Waals surface area contributed by atoms with Gasteiger partial charge in [-0.1, -0.05) is 24.8 Å². The number of hydrogen-bond acceptors (Lipinski definition) is 4. The number of nitrogens with one attached hydrogen (secondary N) is 1. The molecule has 0 saturated heterocycles. The molecular formula is C14H20N2O2. The molecule has 1 rings (SSSR count). The lowest BCUT2D eigenvalue weighted by Crippen LogP contribution is -2.27. The van der Waals surface area contributed by atoms with Crippen LogP contribution in [0.3, 0.4) is 0 Å². The molecule has 0 saturated carbocycles. The van der Waals surface area contributed by atoms with Crippen LogP contribution in [-0.2, 0) is 16.1 Å². The molecule has 4 nitrogen and oxygen atoms in total. The van der Waals surface area contributed by atoms with E-state index in [1.165, 1.54) is 0 Å². The topological polar surface area (TPSA) is 41.6 Å². The van der Waals surface area contributed by atoms with E-state index in [0.29, 0.717) is 6.54 Å². The molecule has 1 aromatic rings. The Morgan fingerprint density at radius 3 is 2.67 bits per heavy atom. The Hall–Kier alpha value is -1.81. The van der Waals surface area contributed by atoms with Gasteiger partial charge in [-0.25, -0.2) is 0 Å². The van der Waals surface area contributed by atoms with Crippen LogP contribution < -0.4 is 5.32 Å². The van der Waals surface area contributed by atoms with Gasteiger partial charge in [0.1, 0.15) is 6.61 Å². The summed E-state index contributed by atoms with van der Waals surface area (Å²) in [4.78, 5) is 13.3. The van der Waals surface area contributed by atoms with E-state index in [9.17, 15) is 4.79 Å². The average Bonchev–Trinajstić information content (AvgIpc) is 2.37. The number of carbonyl (C=O) groups excluding carboxylic acids is 1. The van der Waals surface area contributed by atoms with Gasteiger partial charge in [0.2, 0.25) is 0 Å². The monoisotopic (exact) mass is 248 g/mol. The van der Waals surface area contributed by atoms with Crippen LogP contribution in [0.2, 0.25) is 0 Å². The lowest BCUT2D eigenvalue weighted by atomic mass is 10.2. The summed E-state index contributed by atoms with van der Waals surface area (Å²) < 4.78 is 4.93. The first kappa shape index (κ1) is 14.3. The number of anilines is 1. The SMILES string of the molecule is C=CCOC(=O)CN(C)Cc1ccc(NC)cc1. The van der Waals surface area contributed by atoms with Crippen molar-refractivity contribution in [2.24, 2.45) is 0 Å². The summed E-state index contributed by atoms with van der Waals surface area (Å²) in [6, 6.07) is 8.10. The number of benzene rings is 1. The Morgan fingerprint density at radius 1 is 1.44 bits per heavy atom. The fourth-order valence-corrected chi connectivity index (χ4v) is 1.56. The molecule has 0 unspecified atom stereocenters. The number of esters is 1. The van der Waals surface area contributed by atoms with Gasteiger partial charge < -0.3 is 10.1 Å². The standard InChI is InChI=1S/C14H20N2O2/c1-4-9-18-14(17)11-16(3)10-12-5-7-13(15-2)8-6-12/h4-8,15H,1,9-11H2,2-3H3. The highest BCUT2D eigenvalue weighted by molar-refractivity contribution is 5.71. The van der Waals surface area contributed by atoms with E-state index in [0.717, 1.165) is 11.3 Å². The Labute approximate surface area is 108 Å². The molecule has 1 aromatic carbocycles. The predicted octanol–water partition coefficient (Wildman–Crippen LogP) is 1.89. The van der Waals surface area contributed by atoms with Crippen LogP contribution in [0.5, 0.6) is 0 Å². The van der Waals surface area contributed by atoms with E-state index in [-0.39, 0.29) is 19.1 Å². The first-order valence-electron chi connectivity index (χ1n) is 5.87. The van der Waals surface area contributed by atoms with E-state index >= 15 is 0 Å². The van der Waals surface area contributed by atoms with Gasteiger partial charge in [0.15, 0.2) is 0 Å². The van der Waals surface area contributed by atoms with Crippen molar-refractivity contribution < 1.29 is 9.53 Å². The highest BCUT2D eigenvalue weighted by atomic mass is 16.5.